The maximum atomic E-state index is 12.5. The van der Waals surface area contributed by atoms with Crippen LogP contribution in [0.1, 0.15) is 5.56 Å². The normalized spacial score (nSPS) is 11.4. The van der Waals surface area contributed by atoms with Crippen LogP contribution in [0.5, 0.6) is 5.75 Å². The zero-order valence-corrected chi connectivity index (χ0v) is 10.6. The number of alkyl halides is 3. The fourth-order valence-electron chi connectivity index (χ4n) is 1.64. The van der Waals surface area contributed by atoms with Crippen LogP contribution in [0.3, 0.4) is 0 Å². The first-order valence-electron chi connectivity index (χ1n) is 5.29. The van der Waals surface area contributed by atoms with Crippen LogP contribution in [0.2, 0.25) is 5.15 Å². The maximum Gasteiger partial charge on any atom is 0.416 e. The zero-order chi connectivity index (χ0) is 14.0. The molecule has 1 heterocycles. The molecular weight excluding hydrogens is 279 g/mol. The second-order valence-electron chi connectivity index (χ2n) is 3.78. The maximum absolute atomic E-state index is 12.5. The molecular formula is C13H9ClF3NO. The minimum absolute atomic E-state index is 0.246. The number of hydrogen-bond acceptors (Lipinski definition) is 2. The molecule has 0 N–H and O–H groups in total. The van der Waals surface area contributed by atoms with E-state index in [1.165, 1.54) is 25.4 Å². The number of methoxy groups -OCH3 is 1. The molecule has 0 fully saturated rings. The van der Waals surface area contributed by atoms with Crippen LogP contribution in [-0.2, 0) is 6.18 Å². The number of rotatable bonds is 2. The van der Waals surface area contributed by atoms with Crippen LogP contribution in [0, 0.1) is 0 Å². The van der Waals surface area contributed by atoms with Crippen molar-refractivity contribution in [3.63, 3.8) is 0 Å². The molecule has 2 aromatic rings. The van der Waals surface area contributed by atoms with Gasteiger partial charge < -0.3 is 4.74 Å². The van der Waals surface area contributed by atoms with E-state index in [9.17, 15) is 13.2 Å². The van der Waals surface area contributed by atoms with Crippen LogP contribution in [0.4, 0.5) is 13.2 Å². The van der Waals surface area contributed by atoms with Gasteiger partial charge in [-0.15, -0.1) is 0 Å². The van der Waals surface area contributed by atoms with Crippen molar-refractivity contribution in [2.75, 3.05) is 7.11 Å². The predicted molar refractivity (Wildman–Crippen MR) is 66.2 cm³/mol. The van der Waals surface area contributed by atoms with Crippen molar-refractivity contribution in [3.8, 4) is 16.9 Å². The van der Waals surface area contributed by atoms with E-state index >= 15 is 0 Å². The van der Waals surface area contributed by atoms with Crippen LogP contribution >= 0.6 is 11.6 Å². The standard InChI is InChI=1S/C13H9ClF3NO/c1-19-11-7-18-12(14)6-10(11)8-2-4-9(5-3-8)13(15,16)17/h2-7H,1H3. The Morgan fingerprint density at radius 1 is 1.16 bits per heavy atom. The summed E-state index contributed by atoms with van der Waals surface area (Å²) in [5.41, 5.74) is 0.473. The minimum atomic E-state index is -4.35. The molecule has 0 atom stereocenters. The summed E-state index contributed by atoms with van der Waals surface area (Å²) in [6.07, 6.45) is -2.92. The Morgan fingerprint density at radius 3 is 2.32 bits per heavy atom. The van der Waals surface area contributed by atoms with Gasteiger partial charge in [-0.3, -0.25) is 0 Å². The van der Waals surface area contributed by atoms with E-state index in [1.807, 2.05) is 0 Å². The van der Waals surface area contributed by atoms with Crippen molar-refractivity contribution in [2.45, 2.75) is 6.18 Å². The van der Waals surface area contributed by atoms with E-state index < -0.39 is 11.7 Å². The molecule has 0 aliphatic heterocycles. The number of ether oxygens (including phenoxy) is 1. The highest BCUT2D eigenvalue weighted by molar-refractivity contribution is 6.29. The molecule has 19 heavy (non-hydrogen) atoms. The molecule has 100 valence electrons. The molecule has 0 radical (unpaired) electrons. The van der Waals surface area contributed by atoms with Crippen LogP contribution in [0.25, 0.3) is 11.1 Å². The van der Waals surface area contributed by atoms with Crippen molar-refractivity contribution in [1.82, 2.24) is 4.98 Å². The van der Waals surface area contributed by atoms with Crippen LogP contribution in [-0.4, -0.2) is 12.1 Å². The average Bonchev–Trinajstić information content (AvgIpc) is 2.38. The lowest BCUT2D eigenvalue weighted by atomic mass is 10.0. The smallest absolute Gasteiger partial charge is 0.416 e. The highest BCUT2D eigenvalue weighted by atomic mass is 35.5. The van der Waals surface area contributed by atoms with Gasteiger partial charge in [0.1, 0.15) is 10.9 Å². The van der Waals surface area contributed by atoms with Crippen molar-refractivity contribution < 1.29 is 17.9 Å². The van der Waals surface area contributed by atoms with Gasteiger partial charge in [-0.05, 0) is 23.8 Å². The summed E-state index contributed by atoms with van der Waals surface area (Å²) in [4.78, 5) is 3.85. The molecule has 0 saturated carbocycles. The van der Waals surface area contributed by atoms with Gasteiger partial charge in [0.2, 0.25) is 0 Å². The second-order valence-corrected chi connectivity index (χ2v) is 4.17. The number of aromatic nitrogens is 1. The van der Waals surface area contributed by atoms with Crippen molar-refractivity contribution in [1.29, 1.82) is 0 Å². The topological polar surface area (TPSA) is 22.1 Å². The first-order chi connectivity index (χ1) is 8.91. The van der Waals surface area contributed by atoms with E-state index in [4.69, 9.17) is 16.3 Å². The first-order valence-corrected chi connectivity index (χ1v) is 5.67. The molecule has 0 aliphatic carbocycles. The number of benzene rings is 1. The van der Waals surface area contributed by atoms with Crippen molar-refractivity contribution in [2.24, 2.45) is 0 Å². The summed E-state index contributed by atoms with van der Waals surface area (Å²) in [6, 6.07) is 6.32. The lowest BCUT2D eigenvalue weighted by Gasteiger charge is -2.10. The Labute approximate surface area is 112 Å². The Hall–Kier alpha value is -1.75. The number of hydrogen-bond donors (Lipinski definition) is 0. The molecule has 0 saturated heterocycles. The third-order valence-corrected chi connectivity index (χ3v) is 2.78. The number of nitrogens with zero attached hydrogens (tertiary/aromatic N) is 1. The van der Waals surface area contributed by atoms with Gasteiger partial charge in [-0.25, -0.2) is 4.98 Å². The molecule has 6 heteroatoms. The summed E-state index contributed by atoms with van der Waals surface area (Å²) in [7, 11) is 1.46. The molecule has 1 aromatic carbocycles. The van der Waals surface area contributed by atoms with Gasteiger partial charge in [-0.2, -0.15) is 13.2 Å². The summed E-state index contributed by atoms with van der Waals surface area (Å²) in [5.74, 6) is 0.448. The van der Waals surface area contributed by atoms with Gasteiger partial charge in [0.25, 0.3) is 0 Å². The van der Waals surface area contributed by atoms with E-state index in [2.05, 4.69) is 4.98 Å². The monoisotopic (exact) mass is 287 g/mol. The molecule has 1 aromatic heterocycles. The summed E-state index contributed by atoms with van der Waals surface area (Å²) in [5, 5.41) is 0.246. The van der Waals surface area contributed by atoms with E-state index in [0.717, 1.165) is 12.1 Å². The van der Waals surface area contributed by atoms with Gasteiger partial charge in [0, 0.05) is 5.56 Å². The Bertz CT molecular complexity index is 581. The molecule has 0 aliphatic rings. The fraction of sp³-hybridized carbons (Fsp3) is 0.154. The minimum Gasteiger partial charge on any atom is -0.494 e. The average molecular weight is 288 g/mol. The Kier molecular flexibility index (Phi) is 3.66. The van der Waals surface area contributed by atoms with E-state index in [1.54, 1.807) is 6.07 Å². The molecule has 0 unspecified atom stereocenters. The number of pyridine rings is 1. The van der Waals surface area contributed by atoms with Crippen LogP contribution < -0.4 is 4.74 Å². The molecule has 0 spiro atoms. The summed E-state index contributed by atoms with van der Waals surface area (Å²) >= 11 is 5.78. The summed E-state index contributed by atoms with van der Waals surface area (Å²) < 4.78 is 42.5. The van der Waals surface area contributed by atoms with Crippen molar-refractivity contribution in [3.05, 3.63) is 47.2 Å². The molecule has 0 bridgehead atoms. The Balaban J connectivity index is 2.45. The van der Waals surface area contributed by atoms with Gasteiger partial charge in [-0.1, -0.05) is 23.7 Å². The van der Waals surface area contributed by atoms with Gasteiger partial charge in [0.15, 0.2) is 0 Å². The zero-order valence-electron chi connectivity index (χ0n) is 9.83. The molecule has 2 rings (SSSR count). The lowest BCUT2D eigenvalue weighted by molar-refractivity contribution is -0.137. The highest BCUT2D eigenvalue weighted by Gasteiger charge is 2.30. The largest absolute Gasteiger partial charge is 0.494 e. The second kappa shape index (κ2) is 5.09. The van der Waals surface area contributed by atoms with E-state index in [0.29, 0.717) is 16.9 Å². The quantitative estimate of drug-likeness (QED) is 0.762. The van der Waals surface area contributed by atoms with Gasteiger partial charge >= 0.3 is 6.18 Å². The third kappa shape index (κ3) is 2.98. The summed E-state index contributed by atoms with van der Waals surface area (Å²) in [6.45, 7) is 0. The van der Waals surface area contributed by atoms with Crippen LogP contribution in [0.15, 0.2) is 36.5 Å². The molecule has 0 amide bonds. The van der Waals surface area contributed by atoms with Gasteiger partial charge in [0.05, 0.1) is 18.9 Å². The fourth-order valence-corrected chi connectivity index (χ4v) is 1.80. The molecule has 2 nitrogen and oxygen atoms in total. The predicted octanol–water partition coefficient (Wildman–Crippen LogP) is 4.43. The third-order valence-electron chi connectivity index (χ3n) is 2.58. The Morgan fingerprint density at radius 2 is 1.79 bits per heavy atom. The number of halogens is 4. The lowest BCUT2D eigenvalue weighted by Crippen LogP contribution is -2.04. The highest BCUT2D eigenvalue weighted by Crippen LogP contribution is 2.34. The SMILES string of the molecule is COc1cnc(Cl)cc1-c1ccc(C(F)(F)F)cc1. The van der Waals surface area contributed by atoms with Crippen molar-refractivity contribution >= 4 is 11.6 Å². The van der Waals surface area contributed by atoms with E-state index in [-0.39, 0.29) is 5.15 Å². The first kappa shape index (κ1) is 13.7.